The molecule has 0 fully saturated rings. The van der Waals surface area contributed by atoms with Gasteiger partial charge in [-0.25, -0.2) is 0 Å². The number of thiazole rings is 1. The lowest BCUT2D eigenvalue weighted by Gasteiger charge is -2.28. The van der Waals surface area contributed by atoms with E-state index < -0.39 is 0 Å². The summed E-state index contributed by atoms with van der Waals surface area (Å²) < 4.78 is 0. The Morgan fingerprint density at radius 3 is 3.00 bits per heavy atom. The van der Waals surface area contributed by atoms with Gasteiger partial charge in [0.1, 0.15) is 0 Å². The molecule has 0 saturated carbocycles. The number of fused-ring (bicyclic) bond motifs is 1. The fraction of sp³-hybridized carbons (Fsp3) is 0.667. The van der Waals surface area contributed by atoms with Gasteiger partial charge in [-0.3, -0.25) is 4.79 Å². The molecule has 0 saturated heterocycles. The second-order valence-corrected chi connectivity index (χ2v) is 5.32. The summed E-state index contributed by atoms with van der Waals surface area (Å²) in [6.07, 6.45) is 3.29. The number of hydrogen-bond donors (Lipinski definition) is 1. The third kappa shape index (κ3) is 1.33. The van der Waals surface area contributed by atoms with Crippen LogP contribution in [0.2, 0.25) is 0 Å². The Morgan fingerprint density at radius 1 is 1.50 bits per heavy atom. The van der Waals surface area contributed by atoms with Crippen molar-refractivity contribution in [1.29, 1.82) is 0 Å². The van der Waals surface area contributed by atoms with Crippen molar-refractivity contribution >= 4 is 11.3 Å². The van der Waals surface area contributed by atoms with E-state index in [1.807, 2.05) is 0 Å². The molecule has 0 bridgehead atoms. The molecule has 1 aliphatic rings. The summed E-state index contributed by atoms with van der Waals surface area (Å²) >= 11 is 1.38. The van der Waals surface area contributed by atoms with Crippen LogP contribution in [0, 0.1) is 5.41 Å². The Labute approximate surface area is 75.6 Å². The molecule has 2 rings (SSSR count). The lowest BCUT2D eigenvalue weighted by Crippen LogP contribution is -2.21. The van der Waals surface area contributed by atoms with Crippen LogP contribution in [-0.2, 0) is 12.8 Å². The molecule has 1 N–H and O–H groups in total. The Kier molecular flexibility index (Phi) is 1.65. The molecule has 66 valence electrons. The zero-order chi connectivity index (χ0) is 8.77. The van der Waals surface area contributed by atoms with Gasteiger partial charge in [0.2, 0.25) is 0 Å². The quantitative estimate of drug-likeness (QED) is 0.655. The lowest BCUT2D eigenvalue weighted by molar-refractivity contribution is 0.316. The molecular formula is C9H13NOS. The molecule has 3 heteroatoms. The van der Waals surface area contributed by atoms with Crippen molar-refractivity contribution in [3.63, 3.8) is 0 Å². The van der Waals surface area contributed by atoms with Crippen LogP contribution in [-0.4, -0.2) is 4.98 Å². The van der Waals surface area contributed by atoms with E-state index in [1.54, 1.807) is 0 Å². The molecule has 0 aliphatic heterocycles. The summed E-state index contributed by atoms with van der Waals surface area (Å²) in [5.74, 6) is 0. The highest BCUT2D eigenvalue weighted by molar-refractivity contribution is 7.09. The van der Waals surface area contributed by atoms with Gasteiger partial charge in [0, 0.05) is 10.6 Å². The number of H-pyrrole nitrogens is 1. The average Bonchev–Trinajstić information content (AvgIpc) is 2.26. The standard InChI is InChI=1S/C9H13NOS/c1-9(2)4-3-6-7(5-9)12-8(11)10-6/h3-5H2,1-2H3,(H,10,11). The van der Waals surface area contributed by atoms with Crippen LogP contribution in [0.3, 0.4) is 0 Å². The molecule has 0 aromatic carbocycles. The highest BCUT2D eigenvalue weighted by atomic mass is 32.1. The maximum atomic E-state index is 11.0. The molecular weight excluding hydrogens is 170 g/mol. The van der Waals surface area contributed by atoms with Crippen LogP contribution in [0.1, 0.15) is 30.8 Å². The van der Waals surface area contributed by atoms with Crippen LogP contribution < -0.4 is 4.87 Å². The predicted octanol–water partition coefficient (Wildman–Crippen LogP) is 1.95. The Bertz CT molecular complexity index is 348. The van der Waals surface area contributed by atoms with Gasteiger partial charge in [0.25, 0.3) is 0 Å². The van der Waals surface area contributed by atoms with E-state index in [1.165, 1.54) is 28.3 Å². The van der Waals surface area contributed by atoms with Gasteiger partial charge in [0.05, 0.1) is 0 Å². The molecule has 0 amide bonds. The van der Waals surface area contributed by atoms with E-state index in [9.17, 15) is 4.79 Å². The number of aromatic nitrogens is 1. The number of rotatable bonds is 0. The summed E-state index contributed by atoms with van der Waals surface area (Å²) in [6, 6.07) is 0. The predicted molar refractivity (Wildman–Crippen MR) is 50.7 cm³/mol. The normalized spacial score (nSPS) is 20.5. The van der Waals surface area contributed by atoms with E-state index >= 15 is 0 Å². The molecule has 1 aromatic heterocycles. The average molecular weight is 183 g/mol. The lowest BCUT2D eigenvalue weighted by atomic mass is 9.79. The third-order valence-electron chi connectivity index (χ3n) is 2.50. The van der Waals surface area contributed by atoms with E-state index in [2.05, 4.69) is 18.8 Å². The van der Waals surface area contributed by atoms with Crippen molar-refractivity contribution in [2.75, 3.05) is 0 Å². The Morgan fingerprint density at radius 2 is 2.25 bits per heavy atom. The van der Waals surface area contributed by atoms with Gasteiger partial charge in [0.15, 0.2) is 0 Å². The Hall–Kier alpha value is -0.570. The van der Waals surface area contributed by atoms with Crippen molar-refractivity contribution in [3.05, 3.63) is 20.2 Å². The van der Waals surface area contributed by atoms with Gasteiger partial charge in [-0.05, 0) is 24.7 Å². The van der Waals surface area contributed by atoms with Gasteiger partial charge < -0.3 is 4.98 Å². The van der Waals surface area contributed by atoms with Gasteiger partial charge in [-0.1, -0.05) is 25.2 Å². The van der Waals surface area contributed by atoms with Crippen molar-refractivity contribution in [1.82, 2.24) is 4.98 Å². The van der Waals surface area contributed by atoms with Crippen molar-refractivity contribution in [2.45, 2.75) is 33.1 Å². The molecule has 1 aromatic rings. The third-order valence-corrected chi connectivity index (χ3v) is 3.42. The number of aromatic amines is 1. The number of aryl methyl sites for hydroxylation is 1. The highest BCUT2D eigenvalue weighted by Gasteiger charge is 2.26. The molecule has 0 unspecified atom stereocenters. The first kappa shape index (κ1) is 8.05. The van der Waals surface area contributed by atoms with Crippen molar-refractivity contribution in [3.8, 4) is 0 Å². The first-order valence-corrected chi connectivity index (χ1v) is 5.09. The fourth-order valence-corrected chi connectivity index (χ4v) is 2.86. The molecule has 0 atom stereocenters. The van der Waals surface area contributed by atoms with Crippen LogP contribution in [0.25, 0.3) is 0 Å². The molecule has 0 spiro atoms. The second-order valence-electron chi connectivity index (χ2n) is 4.26. The van der Waals surface area contributed by atoms with Crippen LogP contribution in [0.4, 0.5) is 0 Å². The number of hydrogen-bond acceptors (Lipinski definition) is 2. The highest BCUT2D eigenvalue weighted by Crippen LogP contribution is 2.34. The van der Waals surface area contributed by atoms with Gasteiger partial charge >= 0.3 is 4.87 Å². The van der Waals surface area contributed by atoms with E-state index in [0.29, 0.717) is 5.41 Å². The molecule has 12 heavy (non-hydrogen) atoms. The first-order valence-electron chi connectivity index (χ1n) is 4.28. The first-order chi connectivity index (χ1) is 5.57. The summed E-state index contributed by atoms with van der Waals surface area (Å²) in [4.78, 5) is 15.3. The summed E-state index contributed by atoms with van der Waals surface area (Å²) in [6.45, 7) is 4.53. The molecule has 1 aliphatic carbocycles. The molecule has 1 heterocycles. The zero-order valence-corrected chi connectivity index (χ0v) is 8.25. The van der Waals surface area contributed by atoms with E-state index in [4.69, 9.17) is 0 Å². The van der Waals surface area contributed by atoms with Gasteiger partial charge in [-0.2, -0.15) is 0 Å². The maximum absolute atomic E-state index is 11.0. The van der Waals surface area contributed by atoms with Crippen LogP contribution in [0.15, 0.2) is 4.79 Å². The fourth-order valence-electron chi connectivity index (χ4n) is 1.72. The minimum atomic E-state index is 0.109. The smallest absolute Gasteiger partial charge is 0.304 e. The minimum absolute atomic E-state index is 0.109. The second kappa shape index (κ2) is 2.46. The largest absolute Gasteiger partial charge is 0.316 e. The summed E-state index contributed by atoms with van der Waals surface area (Å²) in [5, 5.41) is 0. The minimum Gasteiger partial charge on any atom is -0.316 e. The van der Waals surface area contributed by atoms with Crippen molar-refractivity contribution in [2.24, 2.45) is 5.41 Å². The van der Waals surface area contributed by atoms with Gasteiger partial charge in [-0.15, -0.1) is 0 Å². The van der Waals surface area contributed by atoms with Crippen LogP contribution >= 0.6 is 11.3 Å². The van der Waals surface area contributed by atoms with E-state index in [0.717, 1.165) is 12.8 Å². The van der Waals surface area contributed by atoms with E-state index in [-0.39, 0.29) is 4.87 Å². The molecule has 0 radical (unpaired) electrons. The van der Waals surface area contributed by atoms with Crippen molar-refractivity contribution < 1.29 is 0 Å². The summed E-state index contributed by atoms with van der Waals surface area (Å²) in [7, 11) is 0. The number of nitrogens with one attached hydrogen (secondary N) is 1. The summed E-state index contributed by atoms with van der Waals surface area (Å²) in [5.41, 5.74) is 1.57. The Balaban J connectivity index is 2.41. The maximum Gasteiger partial charge on any atom is 0.304 e. The van der Waals surface area contributed by atoms with Crippen LogP contribution in [0.5, 0.6) is 0 Å². The molecule has 2 nitrogen and oxygen atoms in total. The zero-order valence-electron chi connectivity index (χ0n) is 7.44. The topological polar surface area (TPSA) is 32.9 Å². The monoisotopic (exact) mass is 183 g/mol. The SMILES string of the molecule is CC1(C)CCc2[nH]c(=O)sc2C1.